The van der Waals surface area contributed by atoms with Crippen molar-refractivity contribution < 1.29 is 18.7 Å². The molecule has 2 heterocycles. The molecule has 0 bridgehead atoms. The lowest BCUT2D eigenvalue weighted by molar-refractivity contribution is -0.120. The second kappa shape index (κ2) is 7.85. The standard InChI is InChI=1S/C17H18FN3O3/c18-14-9-12(21-17(22)15-11-23-8-7-20-15)4-5-16(14)24-10-13-3-1-2-6-19-13/h1-6,9,15,20H,7-8,10-11H2,(H,21,22). The van der Waals surface area contributed by atoms with Crippen LogP contribution >= 0.6 is 0 Å². The molecule has 0 saturated carbocycles. The molecular formula is C17H18FN3O3. The summed E-state index contributed by atoms with van der Waals surface area (Å²) in [5.41, 5.74) is 1.08. The Bertz CT molecular complexity index is 691. The van der Waals surface area contributed by atoms with E-state index in [0.29, 0.717) is 31.1 Å². The molecule has 1 aliphatic rings. The van der Waals surface area contributed by atoms with Gasteiger partial charge in [0.05, 0.1) is 18.9 Å². The minimum absolute atomic E-state index is 0.109. The molecule has 3 rings (SSSR count). The van der Waals surface area contributed by atoms with Crippen molar-refractivity contribution in [3.05, 3.63) is 54.1 Å². The van der Waals surface area contributed by atoms with Gasteiger partial charge in [-0.15, -0.1) is 0 Å². The van der Waals surface area contributed by atoms with Crippen molar-refractivity contribution in [1.29, 1.82) is 0 Å². The van der Waals surface area contributed by atoms with Gasteiger partial charge in [0.15, 0.2) is 11.6 Å². The zero-order valence-corrected chi connectivity index (χ0v) is 13.0. The van der Waals surface area contributed by atoms with E-state index in [4.69, 9.17) is 9.47 Å². The van der Waals surface area contributed by atoms with Crippen LogP contribution in [0, 0.1) is 5.82 Å². The number of hydrogen-bond donors (Lipinski definition) is 2. The Balaban J connectivity index is 1.58. The largest absolute Gasteiger partial charge is 0.484 e. The number of anilines is 1. The second-order valence-electron chi connectivity index (χ2n) is 5.33. The zero-order chi connectivity index (χ0) is 16.8. The number of rotatable bonds is 5. The Labute approximate surface area is 139 Å². The number of halogens is 1. The summed E-state index contributed by atoms with van der Waals surface area (Å²) in [6, 6.07) is 9.32. The number of carbonyl (C=O) groups excluding carboxylic acids is 1. The highest BCUT2D eigenvalue weighted by molar-refractivity contribution is 5.95. The Morgan fingerprint density at radius 2 is 2.33 bits per heavy atom. The van der Waals surface area contributed by atoms with Crippen molar-refractivity contribution in [2.45, 2.75) is 12.6 Å². The second-order valence-corrected chi connectivity index (χ2v) is 5.33. The van der Waals surface area contributed by atoms with Crippen molar-refractivity contribution >= 4 is 11.6 Å². The minimum Gasteiger partial charge on any atom is -0.484 e. The van der Waals surface area contributed by atoms with Crippen molar-refractivity contribution in [2.24, 2.45) is 0 Å². The molecule has 1 aliphatic heterocycles. The van der Waals surface area contributed by atoms with Crippen LogP contribution in [0.2, 0.25) is 0 Å². The Kier molecular flexibility index (Phi) is 5.35. The number of hydrogen-bond acceptors (Lipinski definition) is 5. The number of carbonyl (C=O) groups is 1. The van der Waals surface area contributed by atoms with Crippen LogP contribution in [-0.2, 0) is 16.1 Å². The summed E-state index contributed by atoms with van der Waals surface area (Å²) >= 11 is 0. The fraction of sp³-hybridized carbons (Fsp3) is 0.294. The van der Waals surface area contributed by atoms with Crippen LogP contribution in [0.3, 0.4) is 0 Å². The summed E-state index contributed by atoms with van der Waals surface area (Å²) in [6.45, 7) is 1.68. The van der Waals surface area contributed by atoms with Gasteiger partial charge >= 0.3 is 0 Å². The smallest absolute Gasteiger partial charge is 0.243 e. The highest BCUT2D eigenvalue weighted by Gasteiger charge is 2.21. The van der Waals surface area contributed by atoms with Gasteiger partial charge in [0.25, 0.3) is 0 Å². The van der Waals surface area contributed by atoms with Gasteiger partial charge in [-0.1, -0.05) is 6.07 Å². The first kappa shape index (κ1) is 16.4. The molecule has 1 aromatic heterocycles. The van der Waals surface area contributed by atoms with E-state index in [-0.39, 0.29) is 18.3 Å². The Hall–Kier alpha value is -2.51. The van der Waals surface area contributed by atoms with E-state index in [2.05, 4.69) is 15.6 Å². The van der Waals surface area contributed by atoms with E-state index in [1.165, 1.54) is 12.1 Å². The summed E-state index contributed by atoms with van der Waals surface area (Å²) in [6.07, 6.45) is 1.65. The molecule has 24 heavy (non-hydrogen) atoms. The molecule has 2 aromatic rings. The topological polar surface area (TPSA) is 72.5 Å². The lowest BCUT2D eigenvalue weighted by Crippen LogP contribution is -2.48. The zero-order valence-electron chi connectivity index (χ0n) is 13.0. The highest BCUT2D eigenvalue weighted by atomic mass is 19.1. The van der Waals surface area contributed by atoms with Gasteiger partial charge in [-0.05, 0) is 24.3 Å². The first-order chi connectivity index (χ1) is 11.7. The summed E-state index contributed by atoms with van der Waals surface area (Å²) in [5.74, 6) is -0.689. The van der Waals surface area contributed by atoms with Gasteiger partial charge in [-0.2, -0.15) is 0 Å². The van der Waals surface area contributed by atoms with Crippen molar-refractivity contribution in [1.82, 2.24) is 10.3 Å². The normalized spacial score (nSPS) is 17.3. The highest BCUT2D eigenvalue weighted by Crippen LogP contribution is 2.22. The summed E-state index contributed by atoms with van der Waals surface area (Å²) in [7, 11) is 0. The lowest BCUT2D eigenvalue weighted by Gasteiger charge is -2.22. The summed E-state index contributed by atoms with van der Waals surface area (Å²) in [5, 5.41) is 5.71. The van der Waals surface area contributed by atoms with Crippen LogP contribution in [0.5, 0.6) is 5.75 Å². The molecule has 2 N–H and O–H groups in total. The third kappa shape index (κ3) is 4.27. The van der Waals surface area contributed by atoms with Crippen LogP contribution in [0.4, 0.5) is 10.1 Å². The van der Waals surface area contributed by atoms with Gasteiger partial charge in [0.2, 0.25) is 5.91 Å². The van der Waals surface area contributed by atoms with Crippen LogP contribution in [0.25, 0.3) is 0 Å². The Morgan fingerprint density at radius 3 is 3.04 bits per heavy atom. The van der Waals surface area contributed by atoms with Crippen LogP contribution in [0.1, 0.15) is 5.69 Å². The molecule has 7 heteroatoms. The predicted octanol–water partition coefficient (Wildman–Crippen LogP) is 1.73. The van der Waals surface area contributed by atoms with E-state index in [9.17, 15) is 9.18 Å². The third-order valence-corrected chi connectivity index (χ3v) is 3.54. The van der Waals surface area contributed by atoms with Crippen LogP contribution < -0.4 is 15.4 Å². The van der Waals surface area contributed by atoms with Gasteiger partial charge < -0.3 is 20.1 Å². The number of amides is 1. The maximum Gasteiger partial charge on any atom is 0.243 e. The fourth-order valence-corrected chi connectivity index (χ4v) is 2.29. The van der Waals surface area contributed by atoms with Gasteiger partial charge in [-0.3, -0.25) is 9.78 Å². The molecule has 1 atom stereocenters. The first-order valence-electron chi connectivity index (χ1n) is 7.66. The van der Waals surface area contributed by atoms with E-state index in [1.54, 1.807) is 24.4 Å². The van der Waals surface area contributed by atoms with Crippen molar-refractivity contribution in [3.63, 3.8) is 0 Å². The SMILES string of the molecule is O=C(Nc1ccc(OCc2ccccn2)c(F)c1)C1COCCN1. The maximum absolute atomic E-state index is 14.1. The molecule has 1 unspecified atom stereocenters. The molecule has 0 radical (unpaired) electrons. The molecule has 1 saturated heterocycles. The first-order valence-corrected chi connectivity index (χ1v) is 7.66. The average Bonchev–Trinajstić information content (AvgIpc) is 2.62. The predicted molar refractivity (Wildman–Crippen MR) is 86.2 cm³/mol. The average molecular weight is 331 g/mol. The lowest BCUT2D eigenvalue weighted by atomic mass is 10.2. The monoisotopic (exact) mass is 331 g/mol. The molecule has 0 spiro atoms. The number of pyridine rings is 1. The van der Waals surface area contributed by atoms with E-state index in [0.717, 1.165) is 0 Å². The molecule has 126 valence electrons. The molecular weight excluding hydrogens is 313 g/mol. The number of morpholine rings is 1. The van der Waals surface area contributed by atoms with Gasteiger partial charge in [0.1, 0.15) is 12.6 Å². The van der Waals surface area contributed by atoms with Crippen LogP contribution in [-0.4, -0.2) is 36.7 Å². The maximum atomic E-state index is 14.1. The molecule has 0 aliphatic carbocycles. The molecule has 6 nitrogen and oxygen atoms in total. The number of nitrogens with one attached hydrogen (secondary N) is 2. The van der Waals surface area contributed by atoms with Gasteiger partial charge in [0, 0.05) is 24.5 Å². The minimum atomic E-state index is -0.545. The Morgan fingerprint density at radius 1 is 1.42 bits per heavy atom. The summed E-state index contributed by atoms with van der Waals surface area (Å²) in [4.78, 5) is 16.2. The number of nitrogens with zero attached hydrogens (tertiary/aromatic N) is 1. The summed E-state index contributed by atoms with van der Waals surface area (Å²) < 4.78 is 24.8. The molecule has 1 fully saturated rings. The van der Waals surface area contributed by atoms with Crippen molar-refractivity contribution in [3.8, 4) is 5.75 Å². The number of benzene rings is 1. The van der Waals surface area contributed by atoms with Gasteiger partial charge in [-0.25, -0.2) is 4.39 Å². The quantitative estimate of drug-likeness (QED) is 0.873. The number of ether oxygens (including phenoxy) is 2. The van der Waals surface area contributed by atoms with E-state index >= 15 is 0 Å². The fourth-order valence-electron chi connectivity index (χ4n) is 2.29. The van der Waals surface area contributed by atoms with E-state index < -0.39 is 11.9 Å². The van der Waals surface area contributed by atoms with E-state index in [1.807, 2.05) is 6.07 Å². The number of aromatic nitrogens is 1. The molecule has 1 aromatic carbocycles. The third-order valence-electron chi connectivity index (χ3n) is 3.54. The molecule has 1 amide bonds. The van der Waals surface area contributed by atoms with Crippen LogP contribution in [0.15, 0.2) is 42.6 Å². The van der Waals surface area contributed by atoms with Crippen molar-refractivity contribution in [2.75, 3.05) is 25.1 Å².